The lowest BCUT2D eigenvalue weighted by Crippen LogP contribution is -2.37. The Bertz CT molecular complexity index is 141. The summed E-state index contributed by atoms with van der Waals surface area (Å²) in [4.78, 5) is 0. The second kappa shape index (κ2) is 8.08. The molecule has 0 fully saturated rings. The van der Waals surface area contributed by atoms with Gasteiger partial charge in [-0.05, 0) is 66.6 Å². The number of hydrogen-bond acceptors (Lipinski definition) is 3. The molecule has 1 unspecified atom stereocenters. The van der Waals surface area contributed by atoms with E-state index < -0.39 is 0 Å². The van der Waals surface area contributed by atoms with Gasteiger partial charge in [-0.1, -0.05) is 0 Å². The van der Waals surface area contributed by atoms with Gasteiger partial charge < -0.3 is 15.7 Å². The second-order valence-electron chi connectivity index (χ2n) is 5.27. The first-order valence-electron chi connectivity index (χ1n) is 6.05. The van der Waals surface area contributed by atoms with E-state index in [1.54, 1.807) is 0 Å². The average molecular weight is 216 g/mol. The van der Waals surface area contributed by atoms with Crippen LogP contribution in [0.3, 0.4) is 0 Å². The molecule has 0 aliphatic heterocycles. The molecular formula is C12H28N2O. The van der Waals surface area contributed by atoms with Crippen LogP contribution in [-0.2, 0) is 0 Å². The van der Waals surface area contributed by atoms with Crippen LogP contribution in [0.15, 0.2) is 0 Å². The first-order valence-corrected chi connectivity index (χ1v) is 6.05. The van der Waals surface area contributed by atoms with E-state index in [1.165, 1.54) is 0 Å². The molecule has 0 aliphatic carbocycles. The molecule has 0 aliphatic rings. The van der Waals surface area contributed by atoms with Gasteiger partial charge in [0, 0.05) is 5.54 Å². The van der Waals surface area contributed by atoms with Crippen molar-refractivity contribution >= 4 is 0 Å². The smallest absolute Gasteiger partial charge is 0.0512 e. The van der Waals surface area contributed by atoms with Crippen molar-refractivity contribution in [3.05, 3.63) is 0 Å². The van der Waals surface area contributed by atoms with Crippen LogP contribution in [0.1, 0.15) is 47.0 Å². The fraction of sp³-hybridized carbons (Fsp3) is 1.00. The zero-order valence-corrected chi connectivity index (χ0v) is 10.8. The van der Waals surface area contributed by atoms with E-state index in [0.717, 1.165) is 38.9 Å². The quantitative estimate of drug-likeness (QED) is 0.539. The Kier molecular flexibility index (Phi) is 8.02. The van der Waals surface area contributed by atoms with E-state index in [0.29, 0.717) is 0 Å². The zero-order valence-electron chi connectivity index (χ0n) is 10.8. The Morgan fingerprint density at radius 1 is 1.07 bits per heavy atom. The van der Waals surface area contributed by atoms with Crippen molar-refractivity contribution in [2.24, 2.45) is 0 Å². The number of nitrogens with one attached hydrogen (secondary N) is 2. The Morgan fingerprint density at radius 2 is 1.67 bits per heavy atom. The lowest BCUT2D eigenvalue weighted by atomic mass is 10.1. The van der Waals surface area contributed by atoms with Crippen LogP contribution >= 0.6 is 0 Å². The number of aliphatic hydroxyl groups excluding tert-OH is 1. The molecule has 0 rings (SSSR count). The van der Waals surface area contributed by atoms with Crippen LogP contribution < -0.4 is 10.6 Å². The molecule has 0 radical (unpaired) electrons. The highest BCUT2D eigenvalue weighted by molar-refractivity contribution is 4.69. The molecule has 0 saturated carbocycles. The molecule has 3 heteroatoms. The van der Waals surface area contributed by atoms with Gasteiger partial charge in [-0.3, -0.25) is 0 Å². The van der Waals surface area contributed by atoms with E-state index in [2.05, 4.69) is 31.4 Å². The van der Waals surface area contributed by atoms with Crippen molar-refractivity contribution in [2.45, 2.75) is 58.6 Å². The van der Waals surface area contributed by atoms with Crippen LogP contribution in [0.5, 0.6) is 0 Å². The summed E-state index contributed by atoms with van der Waals surface area (Å²) in [6.45, 7) is 11.5. The third-order valence-electron chi connectivity index (χ3n) is 2.16. The number of hydrogen-bond donors (Lipinski definition) is 3. The van der Waals surface area contributed by atoms with Gasteiger partial charge in [-0.15, -0.1) is 0 Å². The summed E-state index contributed by atoms with van der Waals surface area (Å²) >= 11 is 0. The SMILES string of the molecule is CC(O)CCCNCCCNC(C)(C)C. The van der Waals surface area contributed by atoms with Crippen LogP contribution in [0, 0.1) is 0 Å². The fourth-order valence-corrected chi connectivity index (χ4v) is 1.32. The van der Waals surface area contributed by atoms with E-state index in [9.17, 15) is 0 Å². The Morgan fingerprint density at radius 3 is 2.20 bits per heavy atom. The molecule has 0 aromatic carbocycles. The lowest BCUT2D eigenvalue weighted by molar-refractivity contribution is 0.181. The molecular weight excluding hydrogens is 188 g/mol. The summed E-state index contributed by atoms with van der Waals surface area (Å²) in [5, 5.41) is 15.9. The molecule has 0 heterocycles. The van der Waals surface area contributed by atoms with Gasteiger partial charge in [0.25, 0.3) is 0 Å². The van der Waals surface area contributed by atoms with Gasteiger partial charge in [0.2, 0.25) is 0 Å². The van der Waals surface area contributed by atoms with E-state index in [1.807, 2.05) is 6.92 Å². The molecule has 15 heavy (non-hydrogen) atoms. The van der Waals surface area contributed by atoms with Gasteiger partial charge in [-0.2, -0.15) is 0 Å². The largest absolute Gasteiger partial charge is 0.393 e. The third kappa shape index (κ3) is 13.9. The maximum Gasteiger partial charge on any atom is 0.0512 e. The minimum absolute atomic E-state index is 0.158. The molecule has 3 N–H and O–H groups in total. The summed E-state index contributed by atoms with van der Waals surface area (Å²) < 4.78 is 0. The molecule has 92 valence electrons. The van der Waals surface area contributed by atoms with Crippen LogP contribution in [-0.4, -0.2) is 36.4 Å². The van der Waals surface area contributed by atoms with Crippen molar-refractivity contribution < 1.29 is 5.11 Å². The highest BCUT2D eigenvalue weighted by Gasteiger charge is 2.06. The third-order valence-corrected chi connectivity index (χ3v) is 2.16. The molecule has 1 atom stereocenters. The minimum atomic E-state index is -0.158. The van der Waals surface area contributed by atoms with Gasteiger partial charge in [0.1, 0.15) is 0 Å². The predicted octanol–water partition coefficient (Wildman–Crippen LogP) is 1.52. The van der Waals surface area contributed by atoms with Crippen molar-refractivity contribution in [1.29, 1.82) is 0 Å². The van der Waals surface area contributed by atoms with E-state index in [4.69, 9.17) is 5.11 Å². The maximum atomic E-state index is 9.04. The molecule has 0 bridgehead atoms. The van der Waals surface area contributed by atoms with Gasteiger partial charge >= 0.3 is 0 Å². The summed E-state index contributed by atoms with van der Waals surface area (Å²) in [7, 11) is 0. The fourth-order valence-electron chi connectivity index (χ4n) is 1.32. The summed E-state index contributed by atoms with van der Waals surface area (Å²) in [5.74, 6) is 0. The van der Waals surface area contributed by atoms with Gasteiger partial charge in [0.15, 0.2) is 0 Å². The van der Waals surface area contributed by atoms with Crippen LogP contribution in [0.25, 0.3) is 0 Å². The molecule has 3 nitrogen and oxygen atoms in total. The van der Waals surface area contributed by atoms with Crippen LogP contribution in [0.4, 0.5) is 0 Å². The lowest BCUT2D eigenvalue weighted by Gasteiger charge is -2.20. The Hall–Kier alpha value is -0.120. The highest BCUT2D eigenvalue weighted by atomic mass is 16.3. The molecule has 0 aromatic heterocycles. The number of aliphatic hydroxyl groups is 1. The normalized spacial score (nSPS) is 14.2. The Balaban J connectivity index is 3.06. The van der Waals surface area contributed by atoms with Crippen molar-refractivity contribution in [3.8, 4) is 0 Å². The first-order chi connectivity index (χ1) is 6.92. The second-order valence-corrected chi connectivity index (χ2v) is 5.27. The Labute approximate surface area is 94.6 Å². The topological polar surface area (TPSA) is 44.3 Å². The van der Waals surface area contributed by atoms with E-state index >= 15 is 0 Å². The summed E-state index contributed by atoms with van der Waals surface area (Å²) in [6, 6.07) is 0. The van der Waals surface area contributed by atoms with Crippen molar-refractivity contribution in [1.82, 2.24) is 10.6 Å². The zero-order chi connectivity index (χ0) is 11.7. The van der Waals surface area contributed by atoms with Gasteiger partial charge in [0.05, 0.1) is 6.10 Å². The van der Waals surface area contributed by atoms with Crippen molar-refractivity contribution in [2.75, 3.05) is 19.6 Å². The highest BCUT2D eigenvalue weighted by Crippen LogP contribution is 1.97. The van der Waals surface area contributed by atoms with E-state index in [-0.39, 0.29) is 11.6 Å². The molecule has 0 saturated heterocycles. The molecule has 0 spiro atoms. The first kappa shape index (κ1) is 14.9. The predicted molar refractivity (Wildman–Crippen MR) is 66.2 cm³/mol. The van der Waals surface area contributed by atoms with Gasteiger partial charge in [-0.25, -0.2) is 0 Å². The molecule has 0 aromatic rings. The number of rotatable bonds is 8. The summed E-state index contributed by atoms with van der Waals surface area (Å²) in [6.07, 6.45) is 2.96. The maximum absolute atomic E-state index is 9.04. The van der Waals surface area contributed by atoms with Crippen LogP contribution in [0.2, 0.25) is 0 Å². The molecule has 0 amide bonds. The summed E-state index contributed by atoms with van der Waals surface area (Å²) in [5.41, 5.74) is 0.228. The monoisotopic (exact) mass is 216 g/mol. The average Bonchev–Trinajstić information content (AvgIpc) is 2.07. The minimum Gasteiger partial charge on any atom is -0.393 e. The van der Waals surface area contributed by atoms with Crippen molar-refractivity contribution in [3.63, 3.8) is 0 Å². The standard InChI is InChI=1S/C12H28N2O/c1-11(15)7-5-8-13-9-6-10-14-12(2,3)4/h11,13-15H,5-10H2,1-4H3.